The van der Waals surface area contributed by atoms with Crippen molar-refractivity contribution in [3.8, 4) is 5.75 Å². The molecular weight excluding hydrogens is 402 g/mol. The molecule has 9 nitrogen and oxygen atoms in total. The monoisotopic (exact) mass is 417 g/mol. The lowest BCUT2D eigenvalue weighted by Gasteiger charge is -2.24. The molecule has 1 unspecified atom stereocenters. The molecule has 0 aliphatic carbocycles. The third-order valence-corrected chi connectivity index (χ3v) is 5.21. The van der Waals surface area contributed by atoms with E-state index in [4.69, 9.17) is 21.1 Å². The molecule has 29 heavy (non-hydrogen) atoms. The van der Waals surface area contributed by atoms with Crippen molar-refractivity contribution in [1.82, 2.24) is 10.2 Å². The smallest absolute Gasteiger partial charge is 0.325 e. The maximum Gasteiger partial charge on any atom is 0.325 e. The molecule has 1 N–H and O–H groups in total. The average molecular weight is 418 g/mol. The Morgan fingerprint density at radius 2 is 2.10 bits per heavy atom. The molecular formula is C19H16ClN3O6. The van der Waals surface area contributed by atoms with Crippen molar-refractivity contribution < 1.29 is 24.0 Å². The van der Waals surface area contributed by atoms with Gasteiger partial charge >= 0.3 is 6.03 Å². The second-order valence-electron chi connectivity index (χ2n) is 6.92. The molecule has 2 aromatic rings. The largest absolute Gasteiger partial charge is 0.467 e. The zero-order valence-corrected chi connectivity index (χ0v) is 16.1. The fraction of sp³-hybridized carbons (Fsp3) is 0.263. The SMILES string of the molecule is CC1(c2cccc([N+](=O)[O-])c2)NC(=O)N(Cc2cc(Cl)cc3c2OCOC3)C1=O. The third-order valence-electron chi connectivity index (χ3n) is 4.99. The number of nitrogens with one attached hydrogen (secondary N) is 1. The topological polar surface area (TPSA) is 111 Å². The molecule has 0 saturated carbocycles. The molecule has 0 radical (unpaired) electrons. The van der Waals surface area contributed by atoms with Crippen LogP contribution in [0.1, 0.15) is 23.6 Å². The highest BCUT2D eigenvalue weighted by Crippen LogP contribution is 2.36. The molecule has 0 spiro atoms. The summed E-state index contributed by atoms with van der Waals surface area (Å²) in [6, 6.07) is 8.38. The molecule has 10 heteroatoms. The Morgan fingerprint density at radius 1 is 1.31 bits per heavy atom. The fourth-order valence-electron chi connectivity index (χ4n) is 3.51. The zero-order valence-electron chi connectivity index (χ0n) is 15.3. The van der Waals surface area contributed by atoms with E-state index in [1.807, 2.05) is 0 Å². The number of carbonyl (C=O) groups excluding carboxylic acids is 2. The number of nitro groups is 1. The number of halogens is 1. The Hall–Kier alpha value is -3.17. The number of hydrogen-bond acceptors (Lipinski definition) is 6. The van der Waals surface area contributed by atoms with Gasteiger partial charge in [0.25, 0.3) is 11.6 Å². The number of hydrogen-bond donors (Lipinski definition) is 1. The van der Waals surface area contributed by atoms with Crippen LogP contribution < -0.4 is 10.1 Å². The van der Waals surface area contributed by atoms with E-state index in [0.717, 1.165) is 10.5 Å². The first-order chi connectivity index (χ1) is 13.8. The van der Waals surface area contributed by atoms with Crippen molar-refractivity contribution in [2.45, 2.75) is 25.6 Å². The maximum atomic E-state index is 13.2. The van der Waals surface area contributed by atoms with E-state index in [1.54, 1.807) is 18.2 Å². The van der Waals surface area contributed by atoms with Crippen molar-refractivity contribution in [1.29, 1.82) is 0 Å². The second kappa shape index (κ2) is 7.02. The fourth-order valence-corrected chi connectivity index (χ4v) is 3.77. The van der Waals surface area contributed by atoms with Crippen LogP contribution in [0.25, 0.3) is 0 Å². The van der Waals surface area contributed by atoms with Gasteiger partial charge in [0.15, 0.2) is 6.79 Å². The normalized spacial score (nSPS) is 20.8. The highest BCUT2D eigenvalue weighted by molar-refractivity contribution is 6.30. The Bertz CT molecular complexity index is 1040. The number of rotatable bonds is 4. The second-order valence-corrected chi connectivity index (χ2v) is 7.35. The Kier molecular flexibility index (Phi) is 4.64. The van der Waals surface area contributed by atoms with Gasteiger partial charge < -0.3 is 14.8 Å². The summed E-state index contributed by atoms with van der Waals surface area (Å²) in [4.78, 5) is 37.3. The minimum absolute atomic E-state index is 0.0575. The average Bonchev–Trinajstić information content (AvgIpc) is 2.92. The van der Waals surface area contributed by atoms with Crippen molar-refractivity contribution >= 4 is 29.2 Å². The van der Waals surface area contributed by atoms with Crippen LogP contribution in [0, 0.1) is 10.1 Å². The lowest BCUT2D eigenvalue weighted by atomic mass is 9.91. The summed E-state index contributed by atoms with van der Waals surface area (Å²) in [6.07, 6.45) is 0. The Morgan fingerprint density at radius 3 is 2.86 bits per heavy atom. The molecule has 1 fully saturated rings. The van der Waals surface area contributed by atoms with E-state index in [0.29, 0.717) is 28.5 Å². The summed E-state index contributed by atoms with van der Waals surface area (Å²) >= 11 is 6.16. The molecule has 4 rings (SSSR count). The molecule has 0 aromatic heterocycles. The highest BCUT2D eigenvalue weighted by atomic mass is 35.5. The van der Waals surface area contributed by atoms with Crippen molar-refractivity contribution in [3.05, 3.63) is 68.2 Å². The minimum Gasteiger partial charge on any atom is -0.467 e. The maximum absolute atomic E-state index is 13.2. The number of amides is 3. The number of imide groups is 1. The van der Waals surface area contributed by atoms with Gasteiger partial charge in [0, 0.05) is 28.3 Å². The Labute approximate surface area is 170 Å². The molecule has 0 bridgehead atoms. The number of carbonyl (C=O) groups is 2. The number of non-ortho nitro benzene ring substituents is 1. The van der Waals surface area contributed by atoms with Crippen molar-refractivity contribution in [2.24, 2.45) is 0 Å². The molecule has 3 amide bonds. The van der Waals surface area contributed by atoms with Gasteiger partial charge in [0.05, 0.1) is 18.1 Å². The van der Waals surface area contributed by atoms with Crippen LogP contribution in [-0.4, -0.2) is 28.6 Å². The predicted molar refractivity (Wildman–Crippen MR) is 101 cm³/mol. The standard InChI is InChI=1S/C19H16ClN3O6/c1-19(13-3-2-4-15(7-13)23(26)27)17(24)22(18(25)21-19)8-11-5-14(20)6-12-9-28-10-29-16(11)12/h2-7H,8-10H2,1H3,(H,21,25). The molecule has 2 aliphatic heterocycles. The lowest BCUT2D eigenvalue weighted by Crippen LogP contribution is -2.40. The van der Waals surface area contributed by atoms with Gasteiger partial charge in [-0.05, 0) is 24.6 Å². The first-order valence-corrected chi connectivity index (χ1v) is 9.08. The molecule has 150 valence electrons. The first kappa shape index (κ1) is 19.2. The summed E-state index contributed by atoms with van der Waals surface area (Å²) in [5, 5.41) is 14.2. The van der Waals surface area contributed by atoms with Crippen LogP contribution >= 0.6 is 11.6 Å². The van der Waals surface area contributed by atoms with Gasteiger partial charge in [0.1, 0.15) is 11.3 Å². The van der Waals surface area contributed by atoms with E-state index in [2.05, 4.69) is 5.32 Å². The van der Waals surface area contributed by atoms with Crippen molar-refractivity contribution in [2.75, 3.05) is 6.79 Å². The molecule has 1 atom stereocenters. The van der Waals surface area contributed by atoms with Crippen LogP contribution in [0.15, 0.2) is 36.4 Å². The molecule has 2 heterocycles. The van der Waals surface area contributed by atoms with Crippen LogP contribution in [0.2, 0.25) is 5.02 Å². The lowest BCUT2D eigenvalue weighted by molar-refractivity contribution is -0.385. The molecule has 2 aliphatic rings. The van der Waals surface area contributed by atoms with E-state index >= 15 is 0 Å². The number of fused-ring (bicyclic) bond motifs is 1. The van der Waals surface area contributed by atoms with Crippen LogP contribution in [0.4, 0.5) is 10.5 Å². The number of urea groups is 1. The first-order valence-electron chi connectivity index (χ1n) is 8.70. The summed E-state index contributed by atoms with van der Waals surface area (Å²) in [5.41, 5.74) is 0.0350. The van der Waals surface area contributed by atoms with Gasteiger partial charge in [-0.15, -0.1) is 0 Å². The van der Waals surface area contributed by atoms with Gasteiger partial charge in [-0.2, -0.15) is 0 Å². The van der Waals surface area contributed by atoms with E-state index < -0.39 is 22.4 Å². The minimum atomic E-state index is -1.42. The number of nitrogens with zero attached hydrogens (tertiary/aromatic N) is 2. The molecule has 2 aromatic carbocycles. The molecule has 1 saturated heterocycles. The van der Waals surface area contributed by atoms with Crippen LogP contribution in [-0.2, 0) is 28.2 Å². The summed E-state index contributed by atoms with van der Waals surface area (Å²) in [5.74, 6) is 0.00832. The quantitative estimate of drug-likeness (QED) is 0.465. The van der Waals surface area contributed by atoms with Crippen LogP contribution in [0.5, 0.6) is 5.75 Å². The van der Waals surface area contributed by atoms with Gasteiger partial charge in [-0.1, -0.05) is 23.7 Å². The van der Waals surface area contributed by atoms with Crippen molar-refractivity contribution in [3.63, 3.8) is 0 Å². The zero-order chi connectivity index (χ0) is 20.8. The van der Waals surface area contributed by atoms with Gasteiger partial charge in [0.2, 0.25) is 0 Å². The summed E-state index contributed by atoms with van der Waals surface area (Å²) in [6.45, 7) is 1.84. The predicted octanol–water partition coefficient (Wildman–Crippen LogP) is 3.08. The van der Waals surface area contributed by atoms with E-state index in [1.165, 1.54) is 25.1 Å². The highest BCUT2D eigenvalue weighted by Gasteiger charge is 2.49. The van der Waals surface area contributed by atoms with Gasteiger partial charge in [-0.3, -0.25) is 19.8 Å². The number of nitro benzene ring substituents is 1. The Balaban J connectivity index is 1.67. The summed E-state index contributed by atoms with van der Waals surface area (Å²) in [7, 11) is 0. The summed E-state index contributed by atoms with van der Waals surface area (Å²) < 4.78 is 10.8. The van der Waals surface area contributed by atoms with Crippen LogP contribution in [0.3, 0.4) is 0 Å². The number of ether oxygens (including phenoxy) is 2. The van der Waals surface area contributed by atoms with Gasteiger partial charge in [-0.25, -0.2) is 4.79 Å². The third kappa shape index (κ3) is 3.28. The van der Waals surface area contributed by atoms with E-state index in [-0.39, 0.29) is 19.0 Å². The van der Waals surface area contributed by atoms with E-state index in [9.17, 15) is 19.7 Å². The number of benzene rings is 2.